The van der Waals surface area contributed by atoms with E-state index in [0.29, 0.717) is 23.1 Å². The van der Waals surface area contributed by atoms with Crippen LogP contribution in [-0.2, 0) is 0 Å². The van der Waals surface area contributed by atoms with Crippen LogP contribution in [0.1, 0.15) is 23.7 Å². The zero-order valence-corrected chi connectivity index (χ0v) is 10.5. The van der Waals surface area contributed by atoms with Crippen molar-refractivity contribution in [2.75, 3.05) is 25.5 Å². The maximum Gasteiger partial charge on any atom is 0.251 e. The predicted molar refractivity (Wildman–Crippen MR) is 66.2 cm³/mol. The second kappa shape index (κ2) is 5.70. The van der Waals surface area contributed by atoms with Crippen LogP contribution in [0, 0.1) is 0 Å². The number of hydrogen-bond acceptors (Lipinski definition) is 3. The average molecular weight is 242 g/mol. The van der Waals surface area contributed by atoms with E-state index in [1.165, 1.54) is 0 Å². The van der Waals surface area contributed by atoms with Gasteiger partial charge in [0.2, 0.25) is 0 Å². The van der Waals surface area contributed by atoms with E-state index in [-0.39, 0.29) is 5.91 Å². The number of hydrogen-bond donors (Lipinski definition) is 1. The predicted octanol–water partition coefficient (Wildman–Crippen LogP) is 1.94. The summed E-state index contributed by atoms with van der Waals surface area (Å²) < 4.78 is 0. The fourth-order valence-corrected chi connectivity index (χ4v) is 1.39. The Hall–Kier alpha value is -1.29. The van der Waals surface area contributed by atoms with Gasteiger partial charge in [0.1, 0.15) is 11.0 Å². The fourth-order valence-electron chi connectivity index (χ4n) is 1.18. The van der Waals surface area contributed by atoms with Crippen LogP contribution >= 0.6 is 11.6 Å². The first kappa shape index (κ1) is 12.8. The zero-order chi connectivity index (χ0) is 12.1. The fraction of sp³-hybridized carbons (Fsp3) is 0.455. The van der Waals surface area contributed by atoms with E-state index in [0.717, 1.165) is 6.42 Å². The molecule has 0 aromatic carbocycles. The highest BCUT2D eigenvalue weighted by Gasteiger charge is 2.09. The van der Waals surface area contributed by atoms with Gasteiger partial charge < -0.3 is 10.2 Å². The molecule has 0 fully saturated rings. The van der Waals surface area contributed by atoms with Crippen LogP contribution in [0.25, 0.3) is 0 Å². The van der Waals surface area contributed by atoms with Crippen molar-refractivity contribution in [2.24, 2.45) is 0 Å². The Morgan fingerprint density at radius 1 is 1.50 bits per heavy atom. The topological polar surface area (TPSA) is 45.2 Å². The molecule has 1 rings (SSSR count). The van der Waals surface area contributed by atoms with Crippen molar-refractivity contribution in [3.8, 4) is 0 Å². The standard InChI is InChI=1S/C11H16ClN3O/c1-4-5-13-11(16)8-6-9(12)14-10(7-8)15(2)3/h6-7H,4-5H2,1-3H3,(H,13,16). The number of halogens is 1. The highest BCUT2D eigenvalue weighted by molar-refractivity contribution is 6.29. The molecule has 0 aliphatic rings. The summed E-state index contributed by atoms with van der Waals surface area (Å²) in [7, 11) is 3.71. The van der Waals surface area contributed by atoms with Crippen molar-refractivity contribution in [2.45, 2.75) is 13.3 Å². The molecule has 1 amide bonds. The molecule has 0 aliphatic carbocycles. The summed E-state index contributed by atoms with van der Waals surface area (Å²) in [5.41, 5.74) is 0.539. The van der Waals surface area contributed by atoms with Crippen molar-refractivity contribution in [3.05, 3.63) is 22.8 Å². The third kappa shape index (κ3) is 3.38. The quantitative estimate of drug-likeness (QED) is 0.820. The maximum absolute atomic E-state index is 11.7. The first-order chi connectivity index (χ1) is 7.54. The third-order valence-electron chi connectivity index (χ3n) is 2.04. The maximum atomic E-state index is 11.7. The molecule has 1 aromatic rings. The van der Waals surface area contributed by atoms with Gasteiger partial charge in [0.15, 0.2) is 0 Å². The summed E-state index contributed by atoms with van der Waals surface area (Å²) in [5, 5.41) is 3.12. The highest BCUT2D eigenvalue weighted by atomic mass is 35.5. The smallest absolute Gasteiger partial charge is 0.251 e. The molecule has 16 heavy (non-hydrogen) atoms. The number of amides is 1. The number of aromatic nitrogens is 1. The van der Waals surface area contributed by atoms with E-state index >= 15 is 0 Å². The van der Waals surface area contributed by atoms with Crippen molar-refractivity contribution >= 4 is 23.3 Å². The molecule has 88 valence electrons. The first-order valence-electron chi connectivity index (χ1n) is 5.17. The van der Waals surface area contributed by atoms with E-state index < -0.39 is 0 Å². The molecule has 0 unspecified atom stereocenters. The molecule has 0 bridgehead atoms. The normalized spacial score (nSPS) is 10.0. The molecule has 4 nitrogen and oxygen atoms in total. The molecule has 0 spiro atoms. The van der Waals surface area contributed by atoms with E-state index in [4.69, 9.17) is 11.6 Å². The summed E-state index contributed by atoms with van der Waals surface area (Å²) in [6.45, 7) is 2.67. The monoisotopic (exact) mass is 241 g/mol. The van der Waals surface area contributed by atoms with Gasteiger partial charge in [-0.2, -0.15) is 0 Å². The Balaban J connectivity index is 2.91. The van der Waals surface area contributed by atoms with Gasteiger partial charge >= 0.3 is 0 Å². The van der Waals surface area contributed by atoms with Crippen LogP contribution < -0.4 is 10.2 Å². The van der Waals surface area contributed by atoms with Crippen molar-refractivity contribution in [1.29, 1.82) is 0 Å². The average Bonchev–Trinajstić information content (AvgIpc) is 2.24. The van der Waals surface area contributed by atoms with Gasteiger partial charge in [-0.3, -0.25) is 4.79 Å². The summed E-state index contributed by atoms with van der Waals surface area (Å²) in [5.74, 6) is 0.559. The molecule has 1 heterocycles. The Bertz CT molecular complexity index is 379. The van der Waals surface area contributed by atoms with Crippen molar-refractivity contribution in [1.82, 2.24) is 10.3 Å². The SMILES string of the molecule is CCCNC(=O)c1cc(Cl)nc(N(C)C)c1. The van der Waals surface area contributed by atoms with Crippen LogP contribution in [0.5, 0.6) is 0 Å². The van der Waals surface area contributed by atoms with E-state index in [1.807, 2.05) is 25.9 Å². The lowest BCUT2D eigenvalue weighted by Gasteiger charge is -2.13. The van der Waals surface area contributed by atoms with Crippen LogP contribution in [0.15, 0.2) is 12.1 Å². The summed E-state index contributed by atoms with van der Waals surface area (Å²) in [6.07, 6.45) is 0.908. The lowest BCUT2D eigenvalue weighted by atomic mass is 10.2. The number of nitrogens with one attached hydrogen (secondary N) is 1. The first-order valence-corrected chi connectivity index (χ1v) is 5.55. The van der Waals surface area contributed by atoms with Gasteiger partial charge in [-0.1, -0.05) is 18.5 Å². The molecule has 0 atom stereocenters. The number of carbonyl (C=O) groups is 1. The summed E-state index contributed by atoms with van der Waals surface area (Å²) >= 11 is 5.85. The van der Waals surface area contributed by atoms with Crippen LogP contribution in [0.2, 0.25) is 5.15 Å². The summed E-state index contributed by atoms with van der Waals surface area (Å²) in [4.78, 5) is 17.6. The number of pyridine rings is 1. The number of anilines is 1. The van der Waals surface area contributed by atoms with Gasteiger partial charge in [0, 0.05) is 26.2 Å². The van der Waals surface area contributed by atoms with Crippen LogP contribution in [-0.4, -0.2) is 31.5 Å². The molecule has 0 saturated heterocycles. The van der Waals surface area contributed by atoms with Crippen LogP contribution in [0.3, 0.4) is 0 Å². The van der Waals surface area contributed by atoms with E-state index in [2.05, 4.69) is 10.3 Å². The molecule has 0 saturated carbocycles. The molecule has 1 N–H and O–H groups in total. The van der Waals surface area contributed by atoms with Crippen molar-refractivity contribution < 1.29 is 4.79 Å². The zero-order valence-electron chi connectivity index (χ0n) is 9.75. The molecule has 1 aromatic heterocycles. The molecule has 0 aliphatic heterocycles. The third-order valence-corrected chi connectivity index (χ3v) is 2.23. The minimum atomic E-state index is -0.116. The van der Waals surface area contributed by atoms with E-state index in [1.54, 1.807) is 12.1 Å². The van der Waals surface area contributed by atoms with Gasteiger partial charge in [-0.05, 0) is 18.6 Å². The number of rotatable bonds is 4. The lowest BCUT2D eigenvalue weighted by Crippen LogP contribution is -2.24. The van der Waals surface area contributed by atoms with Crippen molar-refractivity contribution in [3.63, 3.8) is 0 Å². The molecular formula is C11H16ClN3O. The highest BCUT2D eigenvalue weighted by Crippen LogP contribution is 2.16. The molecular weight excluding hydrogens is 226 g/mol. The minimum Gasteiger partial charge on any atom is -0.363 e. The molecule has 5 heteroatoms. The van der Waals surface area contributed by atoms with Gasteiger partial charge in [0.05, 0.1) is 0 Å². The Labute approximate surface area is 101 Å². The van der Waals surface area contributed by atoms with E-state index in [9.17, 15) is 4.79 Å². The Kier molecular flexibility index (Phi) is 4.55. The molecule has 0 radical (unpaired) electrons. The second-order valence-corrected chi connectivity index (χ2v) is 4.07. The van der Waals surface area contributed by atoms with Crippen LogP contribution in [0.4, 0.5) is 5.82 Å². The second-order valence-electron chi connectivity index (χ2n) is 3.69. The summed E-state index contributed by atoms with van der Waals surface area (Å²) in [6, 6.07) is 3.29. The lowest BCUT2D eigenvalue weighted by molar-refractivity contribution is 0.0953. The van der Waals surface area contributed by atoms with Gasteiger partial charge in [-0.25, -0.2) is 4.98 Å². The Morgan fingerprint density at radius 2 is 2.19 bits per heavy atom. The minimum absolute atomic E-state index is 0.116. The Morgan fingerprint density at radius 3 is 2.75 bits per heavy atom. The number of nitrogens with zero attached hydrogens (tertiary/aromatic N) is 2. The van der Waals surface area contributed by atoms with Gasteiger partial charge in [0.25, 0.3) is 5.91 Å². The largest absolute Gasteiger partial charge is 0.363 e. The number of carbonyl (C=O) groups excluding carboxylic acids is 1. The van der Waals surface area contributed by atoms with Gasteiger partial charge in [-0.15, -0.1) is 0 Å².